The summed E-state index contributed by atoms with van der Waals surface area (Å²) in [4.78, 5) is 12.2. The van der Waals surface area contributed by atoms with Crippen LogP contribution in [0.2, 0.25) is 0 Å². The zero-order valence-corrected chi connectivity index (χ0v) is 17.0. The van der Waals surface area contributed by atoms with Crippen molar-refractivity contribution in [1.29, 1.82) is 0 Å². The van der Waals surface area contributed by atoms with Crippen LogP contribution in [-0.4, -0.2) is 26.3 Å². The van der Waals surface area contributed by atoms with Crippen LogP contribution in [0.25, 0.3) is 11.4 Å². The second-order valence-electron chi connectivity index (χ2n) is 7.03. The highest BCUT2D eigenvalue weighted by atomic mass is 32.2. The lowest BCUT2D eigenvalue weighted by Gasteiger charge is -2.12. The first-order valence-corrected chi connectivity index (χ1v) is 10.4. The summed E-state index contributed by atoms with van der Waals surface area (Å²) in [6, 6.07) is 16.0. The molecule has 0 radical (unpaired) electrons. The molecule has 3 aromatic rings. The third-order valence-corrected chi connectivity index (χ3v) is 5.31. The third kappa shape index (κ3) is 5.07. The molecule has 4 nitrogen and oxygen atoms in total. The Morgan fingerprint density at radius 1 is 1.07 bits per heavy atom. The van der Waals surface area contributed by atoms with Crippen LogP contribution < -0.4 is 0 Å². The van der Waals surface area contributed by atoms with Gasteiger partial charge in [-0.25, -0.2) is 4.39 Å². The van der Waals surface area contributed by atoms with Crippen molar-refractivity contribution < 1.29 is 9.18 Å². The van der Waals surface area contributed by atoms with E-state index in [2.05, 4.69) is 24.0 Å². The number of hydrogen-bond acceptors (Lipinski definition) is 4. The van der Waals surface area contributed by atoms with Crippen molar-refractivity contribution in [2.24, 2.45) is 5.92 Å². The Morgan fingerprint density at radius 3 is 2.50 bits per heavy atom. The molecule has 0 fully saturated rings. The van der Waals surface area contributed by atoms with Crippen molar-refractivity contribution in [3.05, 3.63) is 66.0 Å². The van der Waals surface area contributed by atoms with Gasteiger partial charge in [-0.05, 0) is 24.5 Å². The van der Waals surface area contributed by atoms with E-state index in [0.29, 0.717) is 30.3 Å². The van der Waals surface area contributed by atoms with Crippen LogP contribution in [0.3, 0.4) is 0 Å². The molecule has 3 rings (SSSR count). The molecule has 0 amide bonds. The summed E-state index contributed by atoms with van der Waals surface area (Å²) < 4.78 is 16.2. The summed E-state index contributed by atoms with van der Waals surface area (Å²) >= 11 is 1.56. The molecule has 0 aliphatic heterocycles. The van der Waals surface area contributed by atoms with Crippen LogP contribution in [0.5, 0.6) is 0 Å². The Bertz CT molecular complexity index is 925. The van der Waals surface area contributed by atoms with Gasteiger partial charge < -0.3 is 4.57 Å². The number of ketones is 1. The lowest BCUT2D eigenvalue weighted by molar-refractivity contribution is 0.0982. The van der Waals surface area contributed by atoms with Gasteiger partial charge in [-0.3, -0.25) is 4.79 Å². The van der Waals surface area contributed by atoms with Gasteiger partial charge >= 0.3 is 0 Å². The summed E-state index contributed by atoms with van der Waals surface area (Å²) in [7, 11) is 0. The maximum atomic E-state index is 14.2. The molecular formula is C22H24FN3OS. The largest absolute Gasteiger partial charge is 0.302 e. The molecule has 0 unspecified atom stereocenters. The smallest absolute Gasteiger partial charge is 0.191 e. The van der Waals surface area contributed by atoms with E-state index in [4.69, 9.17) is 0 Å². The van der Waals surface area contributed by atoms with Gasteiger partial charge in [0.15, 0.2) is 16.8 Å². The van der Waals surface area contributed by atoms with E-state index in [-0.39, 0.29) is 11.6 Å². The summed E-state index contributed by atoms with van der Waals surface area (Å²) in [6.45, 7) is 4.93. The van der Waals surface area contributed by atoms with Gasteiger partial charge in [0.2, 0.25) is 0 Å². The van der Waals surface area contributed by atoms with Crippen LogP contribution in [0.15, 0.2) is 59.8 Å². The monoisotopic (exact) mass is 397 g/mol. The average molecular weight is 398 g/mol. The van der Waals surface area contributed by atoms with Crippen molar-refractivity contribution in [3.8, 4) is 11.4 Å². The van der Waals surface area contributed by atoms with Crippen molar-refractivity contribution in [2.75, 3.05) is 5.75 Å². The van der Waals surface area contributed by atoms with Gasteiger partial charge in [-0.1, -0.05) is 68.1 Å². The predicted molar refractivity (Wildman–Crippen MR) is 111 cm³/mol. The Morgan fingerprint density at radius 2 is 1.79 bits per heavy atom. The van der Waals surface area contributed by atoms with Gasteiger partial charge in [0, 0.05) is 24.3 Å². The Kier molecular flexibility index (Phi) is 6.98. The van der Waals surface area contributed by atoms with Crippen LogP contribution in [0.4, 0.5) is 4.39 Å². The lowest BCUT2D eigenvalue weighted by atomic mass is 10.1. The SMILES string of the molecule is CC(C)Cn1c(SCCCC(=O)c2ccccc2)nnc1-c1ccccc1F. The minimum absolute atomic E-state index is 0.150. The average Bonchev–Trinajstić information content (AvgIpc) is 3.07. The zero-order chi connectivity index (χ0) is 19.9. The maximum Gasteiger partial charge on any atom is 0.191 e. The second-order valence-corrected chi connectivity index (χ2v) is 8.09. The number of Topliss-reactive ketones (excluding diaryl/α,β-unsaturated/α-hetero) is 1. The quantitative estimate of drug-likeness (QED) is 0.272. The number of nitrogens with zero attached hydrogens (tertiary/aromatic N) is 3. The molecule has 0 spiro atoms. The Balaban J connectivity index is 1.67. The summed E-state index contributed by atoms with van der Waals surface area (Å²) in [5, 5.41) is 9.30. The molecule has 1 aromatic heterocycles. The predicted octanol–water partition coefficient (Wildman–Crippen LogP) is 5.50. The normalized spacial score (nSPS) is 11.1. The molecule has 0 aliphatic rings. The van der Waals surface area contributed by atoms with E-state index in [1.54, 1.807) is 30.0 Å². The molecule has 1 heterocycles. The van der Waals surface area contributed by atoms with E-state index in [1.807, 2.05) is 34.9 Å². The van der Waals surface area contributed by atoms with Crippen LogP contribution in [0, 0.1) is 11.7 Å². The minimum atomic E-state index is -0.301. The van der Waals surface area contributed by atoms with Gasteiger partial charge in [-0.2, -0.15) is 0 Å². The number of carbonyl (C=O) groups is 1. The number of rotatable bonds is 9. The topological polar surface area (TPSA) is 47.8 Å². The summed E-state index contributed by atoms with van der Waals surface area (Å²) in [6.07, 6.45) is 1.25. The van der Waals surface area contributed by atoms with Gasteiger partial charge in [-0.15, -0.1) is 10.2 Å². The van der Waals surface area contributed by atoms with Crippen molar-refractivity contribution in [1.82, 2.24) is 14.8 Å². The van der Waals surface area contributed by atoms with E-state index in [9.17, 15) is 9.18 Å². The molecule has 0 atom stereocenters. The molecule has 28 heavy (non-hydrogen) atoms. The number of aromatic nitrogens is 3. The molecule has 2 aromatic carbocycles. The number of halogens is 1. The highest BCUT2D eigenvalue weighted by Crippen LogP contribution is 2.27. The molecule has 0 saturated heterocycles. The van der Waals surface area contributed by atoms with Gasteiger partial charge in [0.25, 0.3) is 0 Å². The number of benzene rings is 2. The zero-order valence-electron chi connectivity index (χ0n) is 16.1. The molecule has 146 valence electrons. The van der Waals surface area contributed by atoms with E-state index < -0.39 is 0 Å². The van der Waals surface area contributed by atoms with Crippen LogP contribution in [0.1, 0.15) is 37.0 Å². The Hall–Kier alpha value is -2.47. The molecule has 0 saturated carbocycles. The fraction of sp³-hybridized carbons (Fsp3) is 0.318. The molecule has 6 heteroatoms. The molecule has 0 N–H and O–H groups in total. The van der Waals surface area contributed by atoms with Gasteiger partial charge in [0.1, 0.15) is 5.82 Å². The summed E-state index contributed by atoms with van der Waals surface area (Å²) in [5.74, 6) is 1.53. The maximum absolute atomic E-state index is 14.2. The first-order chi connectivity index (χ1) is 13.6. The van der Waals surface area contributed by atoms with E-state index in [1.165, 1.54) is 6.07 Å². The second kappa shape index (κ2) is 9.64. The lowest BCUT2D eigenvalue weighted by Crippen LogP contribution is -2.08. The third-order valence-electron chi connectivity index (χ3n) is 4.25. The van der Waals surface area contributed by atoms with Crippen LogP contribution in [-0.2, 0) is 6.54 Å². The number of carbonyl (C=O) groups excluding carboxylic acids is 1. The highest BCUT2D eigenvalue weighted by Gasteiger charge is 2.18. The van der Waals surface area contributed by atoms with Crippen molar-refractivity contribution >= 4 is 17.5 Å². The minimum Gasteiger partial charge on any atom is -0.302 e. The number of thioether (sulfide) groups is 1. The Labute approximate surface area is 169 Å². The van der Waals surface area contributed by atoms with Crippen molar-refractivity contribution in [3.63, 3.8) is 0 Å². The molecule has 0 bridgehead atoms. The molecule has 0 aliphatic carbocycles. The van der Waals surface area contributed by atoms with Crippen molar-refractivity contribution in [2.45, 2.75) is 38.4 Å². The first-order valence-electron chi connectivity index (χ1n) is 9.45. The fourth-order valence-electron chi connectivity index (χ4n) is 2.93. The standard InChI is InChI=1S/C22H24FN3OS/c1-16(2)15-26-21(18-11-6-7-12-19(18)23)24-25-22(26)28-14-8-13-20(27)17-9-4-3-5-10-17/h3-7,9-12,16H,8,13-15H2,1-2H3. The molecular weight excluding hydrogens is 373 g/mol. The first kappa shape index (κ1) is 20.3. The highest BCUT2D eigenvalue weighted by molar-refractivity contribution is 7.99. The van der Waals surface area contributed by atoms with E-state index >= 15 is 0 Å². The summed E-state index contributed by atoms with van der Waals surface area (Å²) in [5.41, 5.74) is 1.21. The fourth-order valence-corrected chi connectivity index (χ4v) is 3.82. The van der Waals surface area contributed by atoms with E-state index in [0.717, 1.165) is 22.9 Å². The van der Waals surface area contributed by atoms with Crippen LogP contribution >= 0.6 is 11.8 Å². The van der Waals surface area contributed by atoms with Gasteiger partial charge in [0.05, 0.1) is 5.56 Å². The number of hydrogen-bond donors (Lipinski definition) is 0.